The molecule has 0 fully saturated rings. The average molecular weight is 335 g/mol. The van der Waals surface area contributed by atoms with Crippen molar-refractivity contribution in [3.63, 3.8) is 0 Å². The fourth-order valence-corrected chi connectivity index (χ4v) is 2.24. The van der Waals surface area contributed by atoms with E-state index in [9.17, 15) is 4.79 Å². The van der Waals surface area contributed by atoms with E-state index in [1.807, 2.05) is 20.2 Å². The predicted octanol–water partition coefficient (Wildman–Crippen LogP) is -0.886. The van der Waals surface area contributed by atoms with Crippen molar-refractivity contribution in [3.05, 3.63) is 40.1 Å². The summed E-state index contributed by atoms with van der Waals surface area (Å²) >= 11 is 12.0. The van der Waals surface area contributed by atoms with Crippen molar-refractivity contribution in [2.75, 3.05) is 12.4 Å². The summed E-state index contributed by atoms with van der Waals surface area (Å²) in [6.45, 7) is 1.92. The summed E-state index contributed by atoms with van der Waals surface area (Å²) in [5.74, 6) is 0.756. The molecular formula is C13H14Cl3N3O. The van der Waals surface area contributed by atoms with Crippen LogP contribution in [0.15, 0.2) is 35.1 Å². The first kappa shape index (κ1) is 17.0. The summed E-state index contributed by atoms with van der Waals surface area (Å²) in [6, 6.07) is 5.09. The Morgan fingerprint density at radius 2 is 1.95 bits per heavy atom. The van der Waals surface area contributed by atoms with Gasteiger partial charge in [-0.2, -0.15) is 4.99 Å². The Morgan fingerprint density at radius 3 is 2.45 bits per heavy atom. The van der Waals surface area contributed by atoms with E-state index in [0.29, 0.717) is 15.7 Å². The largest absolute Gasteiger partial charge is 1.00 e. The number of carbonyl (C=O) groups is 1. The number of nitrogens with one attached hydrogen (secondary N) is 2. The topological polar surface area (TPSA) is 45.9 Å². The monoisotopic (exact) mass is 333 g/mol. The maximum absolute atomic E-state index is 11.9. The van der Waals surface area contributed by atoms with Gasteiger partial charge in [0.05, 0.1) is 29.2 Å². The smallest absolute Gasteiger partial charge is 0.230 e. The summed E-state index contributed by atoms with van der Waals surface area (Å²) in [7, 11) is 1.97. The first-order valence-corrected chi connectivity index (χ1v) is 6.56. The lowest BCUT2D eigenvalue weighted by atomic mass is 10.2. The summed E-state index contributed by atoms with van der Waals surface area (Å²) < 4.78 is 0. The maximum atomic E-state index is 11.9. The van der Waals surface area contributed by atoms with Crippen molar-refractivity contribution in [1.29, 1.82) is 0 Å². The molecule has 0 bridgehead atoms. The molecule has 108 valence electrons. The van der Waals surface area contributed by atoms with Crippen LogP contribution in [0.25, 0.3) is 0 Å². The molecule has 1 unspecified atom stereocenters. The molecule has 2 rings (SSSR count). The van der Waals surface area contributed by atoms with E-state index in [4.69, 9.17) is 23.2 Å². The number of hydrogen-bond acceptors (Lipinski definition) is 2. The third kappa shape index (κ3) is 3.96. The molecule has 0 radical (unpaired) electrons. The fourth-order valence-electron chi connectivity index (χ4n) is 1.75. The van der Waals surface area contributed by atoms with E-state index < -0.39 is 0 Å². The molecule has 7 heteroatoms. The van der Waals surface area contributed by atoms with Gasteiger partial charge in [-0.1, -0.05) is 29.3 Å². The van der Waals surface area contributed by atoms with Crippen molar-refractivity contribution in [2.45, 2.75) is 13.3 Å². The van der Waals surface area contributed by atoms with Gasteiger partial charge in [0.25, 0.3) is 0 Å². The highest BCUT2D eigenvalue weighted by Gasteiger charge is 2.18. The zero-order chi connectivity index (χ0) is 14.0. The minimum Gasteiger partial charge on any atom is -1.00 e. The molecule has 0 saturated heterocycles. The van der Waals surface area contributed by atoms with Gasteiger partial charge in [0, 0.05) is 6.92 Å². The van der Waals surface area contributed by atoms with E-state index in [1.54, 1.807) is 18.2 Å². The van der Waals surface area contributed by atoms with Crippen LogP contribution in [0.1, 0.15) is 13.3 Å². The predicted molar refractivity (Wildman–Crippen MR) is 77.8 cm³/mol. The Labute approximate surface area is 133 Å². The molecule has 1 heterocycles. The van der Waals surface area contributed by atoms with Gasteiger partial charge in [-0.15, -0.1) is 0 Å². The third-order valence-electron chi connectivity index (χ3n) is 2.83. The van der Waals surface area contributed by atoms with Crippen molar-refractivity contribution in [1.82, 2.24) is 0 Å². The van der Waals surface area contributed by atoms with Crippen LogP contribution in [-0.4, -0.2) is 18.8 Å². The van der Waals surface area contributed by atoms with Gasteiger partial charge in [0.2, 0.25) is 11.7 Å². The third-order valence-corrected chi connectivity index (χ3v) is 3.46. The highest BCUT2D eigenvalue weighted by molar-refractivity contribution is 6.39. The second-order valence-corrected chi connectivity index (χ2v) is 5.15. The molecule has 2 N–H and O–H groups in total. The summed E-state index contributed by atoms with van der Waals surface area (Å²) in [4.78, 5) is 17.3. The molecule has 20 heavy (non-hydrogen) atoms. The van der Waals surface area contributed by atoms with Gasteiger partial charge in [0.15, 0.2) is 0 Å². The molecule has 4 nitrogen and oxygen atoms in total. The summed E-state index contributed by atoms with van der Waals surface area (Å²) in [6.07, 6.45) is 2.11. The van der Waals surface area contributed by atoms with Crippen LogP contribution in [0.4, 0.5) is 5.69 Å². The Balaban J connectivity index is 0.00000200. The van der Waals surface area contributed by atoms with Gasteiger partial charge >= 0.3 is 0 Å². The standard InChI is InChI=1S/C13H13Cl2N3O.ClH/c1-8-16-9(7-18(8)2)6-12(19)17-13-10(14)4-3-5-11(13)15;/h3-5,7H,6H2,1-2H3,(H,17,19);1H. The van der Waals surface area contributed by atoms with Crippen LogP contribution in [0.2, 0.25) is 10.0 Å². The van der Waals surface area contributed by atoms with Gasteiger partial charge in [-0.05, 0) is 12.1 Å². The van der Waals surface area contributed by atoms with Crippen LogP contribution >= 0.6 is 23.2 Å². The molecule has 0 spiro atoms. The van der Waals surface area contributed by atoms with Crippen LogP contribution in [0.3, 0.4) is 0 Å². The number of quaternary nitrogens is 1. The highest BCUT2D eigenvalue weighted by atomic mass is 35.5. The fraction of sp³-hybridized carbons (Fsp3) is 0.231. The number of nitrogens with zero attached hydrogens (tertiary/aromatic N) is 1. The van der Waals surface area contributed by atoms with Gasteiger partial charge in [-0.3, -0.25) is 9.69 Å². The normalized spacial score (nSPS) is 17.1. The van der Waals surface area contributed by atoms with Crippen LogP contribution < -0.4 is 22.6 Å². The molecule has 1 aromatic carbocycles. The van der Waals surface area contributed by atoms with Gasteiger partial charge in [-0.25, -0.2) is 0 Å². The van der Waals surface area contributed by atoms with E-state index in [2.05, 4.69) is 10.3 Å². The number of rotatable bonds is 3. The second-order valence-electron chi connectivity index (χ2n) is 4.34. The van der Waals surface area contributed by atoms with E-state index >= 15 is 0 Å². The zero-order valence-corrected chi connectivity index (χ0v) is 13.3. The number of amidine groups is 1. The number of amides is 1. The number of para-hydroxylation sites is 1. The molecular weight excluding hydrogens is 321 g/mol. The first-order chi connectivity index (χ1) is 8.97. The van der Waals surface area contributed by atoms with Gasteiger partial charge < -0.3 is 17.7 Å². The number of halogens is 3. The van der Waals surface area contributed by atoms with E-state index in [1.165, 1.54) is 0 Å². The second kappa shape index (κ2) is 7.09. The van der Waals surface area contributed by atoms with Crippen LogP contribution in [0, 0.1) is 0 Å². The minimum atomic E-state index is -0.187. The summed E-state index contributed by atoms with van der Waals surface area (Å²) in [5, 5.41) is 3.55. The minimum absolute atomic E-state index is 0. The molecule has 1 amide bonds. The quantitative estimate of drug-likeness (QED) is 0.740. The zero-order valence-electron chi connectivity index (χ0n) is 11.0. The van der Waals surface area contributed by atoms with Gasteiger partial charge in [0.1, 0.15) is 11.9 Å². The SMILES string of the molecule is CC1=NC(CC(=O)Nc2c(Cl)cccc2Cl)=C[NH+]1C.[Cl-]. The van der Waals surface area contributed by atoms with Crippen molar-refractivity contribution < 1.29 is 22.1 Å². The number of aliphatic imine (C=N–C) groups is 1. The Morgan fingerprint density at radius 1 is 1.35 bits per heavy atom. The Bertz CT molecular complexity index is 564. The van der Waals surface area contributed by atoms with E-state index in [-0.39, 0.29) is 24.7 Å². The van der Waals surface area contributed by atoms with E-state index in [0.717, 1.165) is 16.4 Å². The molecule has 1 aromatic rings. The number of carbonyl (C=O) groups excluding carboxylic acids is 1. The molecule has 1 aliphatic rings. The molecule has 0 aliphatic carbocycles. The van der Waals surface area contributed by atoms with Crippen molar-refractivity contribution in [2.24, 2.45) is 4.99 Å². The maximum Gasteiger partial charge on any atom is 0.230 e. The summed E-state index contributed by atoms with van der Waals surface area (Å²) in [5.41, 5.74) is 1.19. The first-order valence-electron chi connectivity index (χ1n) is 5.81. The molecule has 1 atom stereocenters. The molecule has 1 aliphatic heterocycles. The Hall–Kier alpha value is -1.07. The molecule has 0 saturated carbocycles. The van der Waals surface area contributed by atoms with Crippen LogP contribution in [0.5, 0.6) is 0 Å². The average Bonchev–Trinajstić information content (AvgIpc) is 2.63. The van der Waals surface area contributed by atoms with Crippen LogP contribution in [-0.2, 0) is 4.79 Å². The van der Waals surface area contributed by atoms with Crippen molar-refractivity contribution >= 4 is 40.6 Å². The Kier molecular flexibility index (Phi) is 6.02. The highest BCUT2D eigenvalue weighted by Crippen LogP contribution is 2.30. The van der Waals surface area contributed by atoms with Crippen molar-refractivity contribution in [3.8, 4) is 0 Å². The molecule has 0 aromatic heterocycles. The number of benzene rings is 1. The number of anilines is 1. The lowest BCUT2D eigenvalue weighted by molar-refractivity contribution is -0.719. The lowest BCUT2D eigenvalue weighted by Crippen LogP contribution is -3.05. The lowest BCUT2D eigenvalue weighted by Gasteiger charge is -2.08. The number of hydrogen-bond donors (Lipinski definition) is 2.